The second kappa shape index (κ2) is 7.81. The molecule has 0 fully saturated rings. The lowest BCUT2D eigenvalue weighted by Crippen LogP contribution is -2.10. The fourth-order valence-corrected chi connectivity index (χ4v) is 2.55. The lowest BCUT2D eigenvalue weighted by molar-refractivity contribution is -0.138. The largest absolute Gasteiger partial charge is 0.490 e. The molecule has 0 spiro atoms. The first-order valence-electron chi connectivity index (χ1n) is 7.93. The highest BCUT2D eigenvalue weighted by Gasteiger charge is 2.07. The van der Waals surface area contributed by atoms with Gasteiger partial charge in [-0.1, -0.05) is 6.07 Å². The third kappa shape index (κ3) is 4.72. The van der Waals surface area contributed by atoms with Gasteiger partial charge in [-0.25, -0.2) is 4.79 Å². The zero-order valence-electron chi connectivity index (χ0n) is 14.9. The summed E-state index contributed by atoms with van der Waals surface area (Å²) >= 11 is 0. The van der Waals surface area contributed by atoms with Crippen LogP contribution < -0.4 is 4.74 Å². The Morgan fingerprint density at radius 2 is 1.79 bits per heavy atom. The summed E-state index contributed by atoms with van der Waals surface area (Å²) in [5.41, 5.74) is 5.13. The van der Waals surface area contributed by atoms with Crippen molar-refractivity contribution in [3.63, 3.8) is 0 Å². The normalized spacial score (nSPS) is 11.0. The Labute approximate surface area is 142 Å². The van der Waals surface area contributed by atoms with Crippen LogP contribution in [0, 0.1) is 27.7 Å². The maximum Gasteiger partial charge on any atom is 0.330 e. The average Bonchev–Trinajstić information content (AvgIpc) is 2.74. The fraction of sp³-hybridized carbons (Fsp3) is 0.368. The summed E-state index contributed by atoms with van der Waals surface area (Å²) in [4.78, 5) is 11.8. The highest BCUT2D eigenvalue weighted by Crippen LogP contribution is 2.16. The maximum absolute atomic E-state index is 11.8. The number of esters is 1. The molecular weight excluding hydrogens is 304 g/mol. The molecule has 0 N–H and O–H groups in total. The van der Waals surface area contributed by atoms with Crippen LogP contribution in [0.1, 0.15) is 28.1 Å². The number of carbonyl (C=O) groups is 1. The molecule has 0 amide bonds. The van der Waals surface area contributed by atoms with Crippen molar-refractivity contribution < 1.29 is 14.3 Å². The summed E-state index contributed by atoms with van der Waals surface area (Å²) in [6, 6.07) is 6.01. The molecule has 0 aliphatic carbocycles. The second-order valence-electron chi connectivity index (χ2n) is 5.88. The summed E-state index contributed by atoms with van der Waals surface area (Å²) < 4.78 is 12.6. The molecule has 1 heterocycles. The van der Waals surface area contributed by atoms with Gasteiger partial charge in [-0.15, -0.1) is 0 Å². The van der Waals surface area contributed by atoms with Gasteiger partial charge in [0, 0.05) is 24.4 Å². The monoisotopic (exact) mass is 328 g/mol. The third-order valence-electron chi connectivity index (χ3n) is 3.74. The van der Waals surface area contributed by atoms with Crippen LogP contribution in [-0.2, 0) is 16.6 Å². The smallest absolute Gasteiger partial charge is 0.330 e. The van der Waals surface area contributed by atoms with Gasteiger partial charge in [-0.2, -0.15) is 5.10 Å². The molecule has 1 aromatic carbocycles. The molecule has 0 aliphatic rings. The van der Waals surface area contributed by atoms with Crippen LogP contribution in [0.2, 0.25) is 0 Å². The van der Waals surface area contributed by atoms with Crippen LogP contribution in [0.25, 0.3) is 6.08 Å². The van der Waals surface area contributed by atoms with Gasteiger partial charge in [0.05, 0.1) is 5.69 Å². The van der Waals surface area contributed by atoms with Crippen LogP contribution in [0.3, 0.4) is 0 Å². The maximum atomic E-state index is 11.8. The summed E-state index contributed by atoms with van der Waals surface area (Å²) in [5.74, 6) is 0.405. The van der Waals surface area contributed by atoms with E-state index in [0.717, 1.165) is 33.8 Å². The minimum Gasteiger partial charge on any atom is -0.490 e. The zero-order chi connectivity index (χ0) is 17.7. The molecule has 0 unspecified atom stereocenters. The number of rotatable bonds is 6. The lowest BCUT2D eigenvalue weighted by atomic mass is 10.1. The van der Waals surface area contributed by atoms with E-state index in [9.17, 15) is 4.79 Å². The number of aryl methyl sites for hydroxylation is 4. The van der Waals surface area contributed by atoms with Crippen LogP contribution >= 0.6 is 0 Å². The van der Waals surface area contributed by atoms with E-state index in [1.54, 1.807) is 10.8 Å². The Hall–Kier alpha value is -2.56. The molecule has 0 saturated carbocycles. The minimum absolute atomic E-state index is 0.209. The van der Waals surface area contributed by atoms with Gasteiger partial charge in [-0.05, 0) is 57.0 Å². The third-order valence-corrected chi connectivity index (χ3v) is 3.74. The van der Waals surface area contributed by atoms with Crippen molar-refractivity contribution in [2.45, 2.75) is 27.7 Å². The van der Waals surface area contributed by atoms with Crippen LogP contribution in [0.5, 0.6) is 5.75 Å². The van der Waals surface area contributed by atoms with E-state index in [2.05, 4.69) is 11.2 Å². The lowest BCUT2D eigenvalue weighted by Gasteiger charge is -2.08. The number of benzene rings is 1. The fourth-order valence-electron chi connectivity index (χ4n) is 2.55. The predicted octanol–water partition coefficient (Wildman–Crippen LogP) is 3.29. The molecule has 0 bridgehead atoms. The van der Waals surface area contributed by atoms with Crippen molar-refractivity contribution in [2.75, 3.05) is 13.2 Å². The van der Waals surface area contributed by atoms with Crippen molar-refractivity contribution >= 4 is 12.0 Å². The quantitative estimate of drug-likeness (QED) is 0.464. The molecule has 0 aliphatic heterocycles. The van der Waals surface area contributed by atoms with Crippen molar-refractivity contribution in [1.82, 2.24) is 9.78 Å². The number of aromatic nitrogens is 2. The summed E-state index contributed by atoms with van der Waals surface area (Å²) in [6.07, 6.45) is 3.17. The van der Waals surface area contributed by atoms with Crippen LogP contribution in [0.15, 0.2) is 24.3 Å². The topological polar surface area (TPSA) is 53.4 Å². The Kier molecular flexibility index (Phi) is 5.79. The predicted molar refractivity (Wildman–Crippen MR) is 94.1 cm³/mol. The first-order chi connectivity index (χ1) is 11.4. The molecule has 128 valence electrons. The zero-order valence-corrected chi connectivity index (χ0v) is 14.9. The highest BCUT2D eigenvalue weighted by molar-refractivity contribution is 5.87. The van der Waals surface area contributed by atoms with E-state index in [4.69, 9.17) is 9.47 Å². The van der Waals surface area contributed by atoms with Crippen molar-refractivity contribution in [1.29, 1.82) is 0 Å². The van der Waals surface area contributed by atoms with E-state index >= 15 is 0 Å². The number of hydrogen-bond donors (Lipinski definition) is 0. The van der Waals surface area contributed by atoms with Crippen LogP contribution in [-0.4, -0.2) is 29.0 Å². The molecule has 0 radical (unpaired) electrons. The molecule has 1 aromatic heterocycles. The molecule has 5 heteroatoms. The van der Waals surface area contributed by atoms with E-state index in [0.29, 0.717) is 6.61 Å². The SMILES string of the molecule is Cc1cc(C)cc(OCCOC(=O)/C=C/c2c(C)nn(C)c2C)c1. The van der Waals surface area contributed by atoms with Gasteiger partial charge in [0.25, 0.3) is 0 Å². The number of nitrogens with zero attached hydrogens (tertiary/aromatic N) is 2. The average molecular weight is 328 g/mol. The van der Waals surface area contributed by atoms with Crippen molar-refractivity contribution in [3.8, 4) is 5.75 Å². The molecule has 2 aromatic rings. The Morgan fingerprint density at radius 1 is 1.12 bits per heavy atom. The molecule has 2 rings (SSSR count). The Balaban J connectivity index is 1.80. The summed E-state index contributed by atoms with van der Waals surface area (Å²) in [7, 11) is 1.88. The molecule has 24 heavy (non-hydrogen) atoms. The standard InChI is InChI=1S/C19H24N2O3/c1-13-10-14(2)12-17(11-13)23-8-9-24-19(22)7-6-18-15(3)20-21(5)16(18)4/h6-7,10-12H,8-9H2,1-5H3/b7-6+. The first-order valence-corrected chi connectivity index (χ1v) is 7.93. The molecule has 5 nitrogen and oxygen atoms in total. The number of ether oxygens (including phenoxy) is 2. The summed E-state index contributed by atoms with van der Waals surface area (Å²) in [6.45, 7) is 8.45. The Bertz CT molecular complexity index is 740. The Morgan fingerprint density at radius 3 is 2.38 bits per heavy atom. The van der Waals surface area contributed by atoms with E-state index < -0.39 is 0 Å². The van der Waals surface area contributed by atoms with Crippen molar-refractivity contribution in [2.24, 2.45) is 7.05 Å². The summed E-state index contributed by atoms with van der Waals surface area (Å²) in [5, 5.41) is 4.31. The van der Waals surface area contributed by atoms with Crippen molar-refractivity contribution in [3.05, 3.63) is 52.4 Å². The molecule has 0 saturated heterocycles. The van der Waals surface area contributed by atoms with Gasteiger partial charge in [0.2, 0.25) is 0 Å². The molecular formula is C19H24N2O3. The van der Waals surface area contributed by atoms with Gasteiger partial charge in [-0.3, -0.25) is 4.68 Å². The first kappa shape index (κ1) is 17.8. The van der Waals surface area contributed by atoms with E-state index in [-0.39, 0.29) is 12.6 Å². The number of hydrogen-bond acceptors (Lipinski definition) is 4. The minimum atomic E-state index is -0.387. The van der Waals surface area contributed by atoms with Gasteiger partial charge in [0.1, 0.15) is 19.0 Å². The molecule has 0 atom stereocenters. The van der Waals surface area contributed by atoms with Crippen LogP contribution in [0.4, 0.5) is 0 Å². The van der Waals surface area contributed by atoms with Gasteiger partial charge < -0.3 is 9.47 Å². The van der Waals surface area contributed by atoms with Gasteiger partial charge in [0.15, 0.2) is 0 Å². The van der Waals surface area contributed by atoms with E-state index in [1.165, 1.54) is 6.08 Å². The second-order valence-corrected chi connectivity index (χ2v) is 5.88. The van der Waals surface area contributed by atoms with Gasteiger partial charge >= 0.3 is 5.97 Å². The number of carbonyl (C=O) groups excluding carboxylic acids is 1. The van der Waals surface area contributed by atoms with E-state index in [1.807, 2.05) is 46.9 Å². The highest BCUT2D eigenvalue weighted by atomic mass is 16.6.